The molecule has 0 atom stereocenters. The Hall–Kier alpha value is -3.25. The van der Waals surface area contributed by atoms with Gasteiger partial charge < -0.3 is 14.5 Å². The van der Waals surface area contributed by atoms with Gasteiger partial charge in [-0.05, 0) is 67.1 Å². The monoisotopic (exact) mass is 524 g/mol. The van der Waals surface area contributed by atoms with Gasteiger partial charge in [0.2, 0.25) is 11.8 Å². The molecule has 2 aromatic rings. The third kappa shape index (κ3) is 6.30. The van der Waals surface area contributed by atoms with Crippen molar-refractivity contribution in [1.82, 2.24) is 14.7 Å². The van der Waals surface area contributed by atoms with Crippen LogP contribution in [0.25, 0.3) is 11.1 Å². The first-order valence-electron chi connectivity index (χ1n) is 11.2. The van der Waals surface area contributed by atoms with Crippen LogP contribution < -0.4 is 20.0 Å². The summed E-state index contributed by atoms with van der Waals surface area (Å²) in [5.41, 5.74) is 1.10. The second-order valence-corrected chi connectivity index (χ2v) is 11.3. The maximum Gasteiger partial charge on any atom is 0.387 e. The number of sulfonamides is 1. The highest BCUT2D eigenvalue weighted by Gasteiger charge is 2.28. The zero-order valence-corrected chi connectivity index (χ0v) is 21.5. The number of alkyl halides is 2. The maximum atomic E-state index is 13.1. The first kappa shape index (κ1) is 27.3. The number of benzene rings is 1. The number of allylic oxidation sites excluding steroid dienone is 1. The van der Waals surface area contributed by atoms with Gasteiger partial charge in [-0.15, -0.1) is 0 Å². The van der Waals surface area contributed by atoms with E-state index in [1.165, 1.54) is 36.5 Å². The molecule has 0 spiro atoms. The Balaban J connectivity index is 2.25. The fourth-order valence-electron chi connectivity index (χ4n) is 3.66. The van der Waals surface area contributed by atoms with Crippen molar-refractivity contribution in [3.05, 3.63) is 52.7 Å². The van der Waals surface area contributed by atoms with Gasteiger partial charge in [-0.25, -0.2) is 24.0 Å². The molecule has 12 heteroatoms. The molecule has 2 bridgehead atoms. The first-order chi connectivity index (χ1) is 16.7. The lowest BCUT2D eigenvalue weighted by Crippen LogP contribution is -2.49. The van der Waals surface area contributed by atoms with Crippen LogP contribution in [0, 0.1) is 0 Å². The summed E-state index contributed by atoms with van der Waals surface area (Å²) in [4.78, 5) is 17.0. The summed E-state index contributed by atoms with van der Waals surface area (Å²) in [6, 6.07) is 6.08. The molecular formula is C24H30F2N4O5S. The van der Waals surface area contributed by atoms with Crippen molar-refractivity contribution in [3.63, 3.8) is 0 Å². The van der Waals surface area contributed by atoms with Crippen LogP contribution in [-0.2, 0) is 21.2 Å². The zero-order chi connectivity index (χ0) is 26.8. The molecule has 0 aliphatic carbocycles. The third-order valence-electron chi connectivity index (χ3n) is 5.75. The topological polar surface area (TPSA) is 124 Å². The zero-order valence-electron chi connectivity index (χ0n) is 20.7. The highest BCUT2D eigenvalue weighted by atomic mass is 32.2. The van der Waals surface area contributed by atoms with Crippen molar-refractivity contribution in [2.75, 3.05) is 6.61 Å². The van der Waals surface area contributed by atoms with Crippen LogP contribution in [0.3, 0.4) is 0 Å². The van der Waals surface area contributed by atoms with Crippen LogP contribution in [0.15, 0.2) is 41.6 Å². The quantitative estimate of drug-likeness (QED) is 0.583. The van der Waals surface area contributed by atoms with E-state index in [2.05, 4.69) is 14.4 Å². The number of hydrogen-bond acceptors (Lipinski definition) is 8. The minimum Gasteiger partial charge on any atom is -0.475 e. The van der Waals surface area contributed by atoms with Gasteiger partial charge in [-0.2, -0.15) is 8.78 Å². The van der Waals surface area contributed by atoms with Gasteiger partial charge in [0.15, 0.2) is 0 Å². The standard InChI is InChI=1S/C24H30F2N4O5S/c1-14(2)18-9-17(35-23(25)26)10-19-16-6-7-28-22(8-16)34-13-24(4,5)30(27)12-15(3)36(32,33)29-21(31)11-20(18)19/h6-10,12,14,23H,11,13,27H2,1-5H3,(H,29,31)/b15-12+. The average molecular weight is 525 g/mol. The summed E-state index contributed by atoms with van der Waals surface area (Å²) < 4.78 is 64.4. The number of carbonyl (C=O) groups excluding carboxylic acids is 1. The molecule has 0 saturated carbocycles. The van der Waals surface area contributed by atoms with Gasteiger partial charge in [0.05, 0.1) is 16.9 Å². The minimum absolute atomic E-state index is 0.0365. The smallest absolute Gasteiger partial charge is 0.387 e. The Labute approximate surface area is 209 Å². The predicted molar refractivity (Wildman–Crippen MR) is 131 cm³/mol. The van der Waals surface area contributed by atoms with E-state index in [0.717, 1.165) is 0 Å². The van der Waals surface area contributed by atoms with E-state index in [0.29, 0.717) is 22.3 Å². The van der Waals surface area contributed by atoms with E-state index in [-0.39, 0.29) is 35.5 Å². The van der Waals surface area contributed by atoms with Crippen LogP contribution in [-0.4, -0.2) is 43.1 Å². The second-order valence-electron chi connectivity index (χ2n) is 9.41. The number of halogens is 2. The molecule has 2 heterocycles. The molecule has 1 aromatic carbocycles. The van der Waals surface area contributed by atoms with Gasteiger partial charge in [-0.1, -0.05) is 13.8 Å². The SMILES string of the molecule is C/C1=C\N(N)C(C)(C)COc2cc(ccn2)-c2cc(OC(F)F)cc(C(C)C)c2CC(=O)NS1(=O)=O. The normalized spacial score (nSPS) is 19.3. The highest BCUT2D eigenvalue weighted by molar-refractivity contribution is 7.93. The number of amides is 1. The van der Waals surface area contributed by atoms with E-state index >= 15 is 0 Å². The van der Waals surface area contributed by atoms with E-state index in [1.807, 2.05) is 13.8 Å². The molecule has 1 aliphatic rings. The van der Waals surface area contributed by atoms with Gasteiger partial charge in [0.25, 0.3) is 10.0 Å². The van der Waals surface area contributed by atoms with Gasteiger partial charge >= 0.3 is 6.61 Å². The van der Waals surface area contributed by atoms with Gasteiger partial charge in [0.1, 0.15) is 12.4 Å². The largest absolute Gasteiger partial charge is 0.475 e. The molecule has 36 heavy (non-hydrogen) atoms. The van der Waals surface area contributed by atoms with Crippen molar-refractivity contribution in [2.45, 2.75) is 59.1 Å². The van der Waals surface area contributed by atoms with Crippen molar-refractivity contribution in [1.29, 1.82) is 0 Å². The Bertz CT molecular complexity index is 1280. The van der Waals surface area contributed by atoms with Gasteiger partial charge in [-0.3, -0.25) is 4.79 Å². The summed E-state index contributed by atoms with van der Waals surface area (Å²) in [5, 5.41) is 1.19. The Kier molecular flexibility index (Phi) is 7.89. The Morgan fingerprint density at radius 1 is 1.25 bits per heavy atom. The number of aromatic nitrogens is 1. The van der Waals surface area contributed by atoms with Crippen LogP contribution in [0.1, 0.15) is 51.7 Å². The van der Waals surface area contributed by atoms with Crippen molar-refractivity contribution in [2.24, 2.45) is 5.84 Å². The highest BCUT2D eigenvalue weighted by Crippen LogP contribution is 2.36. The molecule has 0 saturated heterocycles. The number of hydrazine groups is 1. The number of nitrogens with zero attached hydrogens (tertiary/aromatic N) is 2. The molecule has 1 amide bonds. The van der Waals surface area contributed by atoms with Crippen LogP contribution in [0.4, 0.5) is 8.78 Å². The van der Waals surface area contributed by atoms with Crippen molar-refractivity contribution >= 4 is 15.9 Å². The van der Waals surface area contributed by atoms with E-state index in [9.17, 15) is 22.0 Å². The lowest BCUT2D eigenvalue weighted by atomic mass is 9.88. The van der Waals surface area contributed by atoms with E-state index in [4.69, 9.17) is 10.6 Å². The number of pyridine rings is 1. The summed E-state index contributed by atoms with van der Waals surface area (Å²) in [5.74, 6) is 5.26. The molecule has 3 N–H and O–H groups in total. The molecule has 0 radical (unpaired) electrons. The lowest BCUT2D eigenvalue weighted by Gasteiger charge is -2.33. The Morgan fingerprint density at radius 3 is 2.58 bits per heavy atom. The number of rotatable bonds is 3. The second kappa shape index (κ2) is 10.4. The average Bonchev–Trinajstić information content (AvgIpc) is 2.77. The van der Waals surface area contributed by atoms with Crippen LogP contribution >= 0.6 is 0 Å². The summed E-state index contributed by atoms with van der Waals surface area (Å²) in [7, 11) is -4.21. The van der Waals surface area contributed by atoms with Crippen LogP contribution in [0.5, 0.6) is 11.6 Å². The molecule has 196 valence electrons. The molecule has 0 unspecified atom stereocenters. The number of fused-ring (bicyclic) bond motifs is 4. The lowest BCUT2D eigenvalue weighted by molar-refractivity contribution is -0.118. The number of nitrogens with one attached hydrogen (secondary N) is 1. The van der Waals surface area contributed by atoms with Crippen LogP contribution in [0.2, 0.25) is 0 Å². The minimum atomic E-state index is -4.21. The Morgan fingerprint density at radius 2 is 1.94 bits per heavy atom. The third-order valence-corrected chi connectivity index (χ3v) is 7.20. The fraction of sp³-hybridized carbons (Fsp3) is 0.417. The fourth-order valence-corrected chi connectivity index (χ4v) is 4.44. The summed E-state index contributed by atoms with van der Waals surface area (Å²) >= 11 is 0. The molecule has 1 aromatic heterocycles. The number of nitrogens with two attached hydrogens (primary N) is 1. The molecule has 3 rings (SSSR count). The van der Waals surface area contributed by atoms with Crippen molar-refractivity contribution < 1.29 is 31.5 Å². The predicted octanol–water partition coefficient (Wildman–Crippen LogP) is 3.67. The molecule has 1 aliphatic heterocycles. The summed E-state index contributed by atoms with van der Waals surface area (Å²) in [6.07, 6.45) is 2.37. The maximum absolute atomic E-state index is 13.1. The molecule has 0 fully saturated rings. The van der Waals surface area contributed by atoms with E-state index in [1.54, 1.807) is 26.0 Å². The number of carbonyl (C=O) groups is 1. The number of ether oxygens (including phenoxy) is 2. The summed E-state index contributed by atoms with van der Waals surface area (Å²) in [6.45, 7) is 5.44. The van der Waals surface area contributed by atoms with E-state index < -0.39 is 28.1 Å². The van der Waals surface area contributed by atoms with Gasteiger partial charge in [0, 0.05) is 18.5 Å². The number of hydrogen-bond donors (Lipinski definition) is 2. The molecular weight excluding hydrogens is 494 g/mol. The molecule has 9 nitrogen and oxygen atoms in total. The first-order valence-corrected chi connectivity index (χ1v) is 12.7. The van der Waals surface area contributed by atoms with Crippen molar-refractivity contribution in [3.8, 4) is 22.8 Å².